The van der Waals surface area contributed by atoms with Crippen LogP contribution in [-0.4, -0.2) is 63.5 Å². The quantitative estimate of drug-likeness (QED) is 0.207. The van der Waals surface area contributed by atoms with Gasteiger partial charge in [-0.15, -0.1) is 0 Å². The molecular weight excluding hydrogens is 544 g/mol. The van der Waals surface area contributed by atoms with Gasteiger partial charge in [-0.3, -0.25) is 14.4 Å². The Morgan fingerprint density at radius 1 is 0.907 bits per heavy atom. The van der Waals surface area contributed by atoms with Crippen LogP contribution in [0.25, 0.3) is 22.5 Å². The Labute approximate surface area is 253 Å². The topological polar surface area (TPSA) is 122 Å². The summed E-state index contributed by atoms with van der Waals surface area (Å²) in [7, 11) is 0. The molecule has 1 aliphatic heterocycles. The molecule has 0 bridgehead atoms. The molecule has 1 aromatic heterocycles. The third-order valence-electron chi connectivity index (χ3n) is 7.71. The number of benzene rings is 2. The van der Waals surface area contributed by atoms with Gasteiger partial charge in [-0.05, 0) is 48.9 Å². The predicted molar refractivity (Wildman–Crippen MR) is 165 cm³/mol. The number of carboxylic acids is 1. The van der Waals surface area contributed by atoms with Gasteiger partial charge in [0.2, 0.25) is 11.8 Å². The number of carbonyl (C=O) groups excluding carboxylic acids is 2. The van der Waals surface area contributed by atoms with Crippen LogP contribution in [0.2, 0.25) is 0 Å². The van der Waals surface area contributed by atoms with Crippen molar-refractivity contribution in [1.29, 1.82) is 0 Å². The van der Waals surface area contributed by atoms with E-state index in [1.54, 1.807) is 4.90 Å². The third kappa shape index (κ3) is 9.63. The highest BCUT2D eigenvalue weighted by Gasteiger charge is 2.33. The maximum atomic E-state index is 12.9. The number of aliphatic carboxylic acids is 1. The number of nitrogens with zero attached hydrogens (tertiary/aromatic N) is 3. The zero-order valence-electron chi connectivity index (χ0n) is 25.0. The van der Waals surface area contributed by atoms with Crippen LogP contribution in [0.5, 0.6) is 5.75 Å². The van der Waals surface area contributed by atoms with Crippen molar-refractivity contribution in [2.45, 2.75) is 77.2 Å². The van der Waals surface area contributed by atoms with Crippen LogP contribution in [0.4, 0.5) is 0 Å². The van der Waals surface area contributed by atoms with Crippen LogP contribution in [-0.2, 0) is 20.8 Å². The molecule has 2 heterocycles. The molecule has 3 aromatic rings. The van der Waals surface area contributed by atoms with E-state index in [1.165, 1.54) is 25.7 Å². The summed E-state index contributed by atoms with van der Waals surface area (Å²) >= 11 is 0. The Bertz CT molecular complexity index is 1330. The zero-order valence-corrected chi connectivity index (χ0v) is 25.0. The minimum absolute atomic E-state index is 0.0629. The lowest BCUT2D eigenvalue weighted by atomic mass is 10.1. The number of nitrogens with one attached hydrogen (secondary N) is 1. The SMILES string of the molecule is CCCCCCCOc1ccc(-c2cnc(-c3ccc(CCC(=O)N4CCCC4C(=O)NCCC(=O)O)cc3)nc2)cc1. The number of ether oxygens (including phenoxy) is 1. The standard InChI is InChI=1S/C34H42N4O5/c1-2-3-4-5-6-22-43-29-16-14-26(15-17-29)28-23-36-33(37-24-28)27-12-9-25(10-13-27)11-18-31(39)38-21-7-8-30(38)34(42)35-20-19-32(40)41/h9-10,12-17,23-24,30H,2-8,11,18-22H2,1H3,(H,35,42)(H,40,41). The van der Waals surface area contributed by atoms with E-state index in [0.29, 0.717) is 31.6 Å². The third-order valence-corrected chi connectivity index (χ3v) is 7.71. The van der Waals surface area contributed by atoms with Crippen molar-refractivity contribution in [2.24, 2.45) is 0 Å². The molecule has 0 spiro atoms. The first-order chi connectivity index (χ1) is 20.9. The van der Waals surface area contributed by atoms with Crippen molar-refractivity contribution in [3.8, 4) is 28.3 Å². The van der Waals surface area contributed by atoms with Crippen molar-refractivity contribution in [2.75, 3.05) is 19.7 Å². The maximum Gasteiger partial charge on any atom is 0.305 e. The van der Waals surface area contributed by atoms with E-state index in [-0.39, 0.29) is 24.8 Å². The van der Waals surface area contributed by atoms with Gasteiger partial charge in [-0.2, -0.15) is 0 Å². The fourth-order valence-electron chi connectivity index (χ4n) is 5.23. The van der Waals surface area contributed by atoms with E-state index < -0.39 is 12.0 Å². The lowest BCUT2D eigenvalue weighted by Gasteiger charge is -2.24. The number of carboxylic acid groups (broad SMARTS) is 1. The number of aromatic nitrogens is 2. The number of rotatable bonds is 16. The predicted octanol–water partition coefficient (Wildman–Crippen LogP) is 5.67. The van der Waals surface area contributed by atoms with Crippen LogP contribution in [0.15, 0.2) is 60.9 Å². The van der Waals surface area contributed by atoms with Crippen molar-refractivity contribution in [3.05, 3.63) is 66.5 Å². The van der Waals surface area contributed by atoms with Gasteiger partial charge in [-0.25, -0.2) is 9.97 Å². The number of amides is 2. The molecule has 2 aromatic carbocycles. The molecule has 9 nitrogen and oxygen atoms in total. The highest BCUT2D eigenvalue weighted by atomic mass is 16.5. The number of likely N-dealkylation sites (tertiary alicyclic amines) is 1. The average molecular weight is 587 g/mol. The van der Waals surface area contributed by atoms with Crippen LogP contribution in [0.1, 0.15) is 70.3 Å². The Kier molecular flexibility index (Phi) is 12.1. The second-order valence-corrected chi connectivity index (χ2v) is 11.0. The van der Waals surface area contributed by atoms with Gasteiger partial charge in [0.25, 0.3) is 0 Å². The first kappa shape index (κ1) is 31.7. The number of hydrogen-bond acceptors (Lipinski definition) is 6. The Balaban J connectivity index is 1.24. The van der Waals surface area contributed by atoms with Crippen molar-refractivity contribution >= 4 is 17.8 Å². The molecule has 1 atom stereocenters. The largest absolute Gasteiger partial charge is 0.494 e. The van der Waals surface area contributed by atoms with Gasteiger partial charge in [-0.1, -0.05) is 69.0 Å². The van der Waals surface area contributed by atoms with E-state index in [9.17, 15) is 14.4 Å². The number of aryl methyl sites for hydroxylation is 1. The summed E-state index contributed by atoms with van der Waals surface area (Å²) in [5, 5.41) is 11.4. The molecule has 0 saturated carbocycles. The van der Waals surface area contributed by atoms with Crippen LogP contribution in [0, 0.1) is 0 Å². The van der Waals surface area contributed by atoms with Gasteiger partial charge in [0.1, 0.15) is 11.8 Å². The average Bonchev–Trinajstić information content (AvgIpc) is 3.53. The maximum absolute atomic E-state index is 12.9. The van der Waals surface area contributed by atoms with Crippen molar-refractivity contribution < 1.29 is 24.2 Å². The summed E-state index contributed by atoms with van der Waals surface area (Å²) in [5.41, 5.74) is 3.86. The molecule has 0 aliphatic carbocycles. The normalized spacial score (nSPS) is 14.4. The summed E-state index contributed by atoms with van der Waals surface area (Å²) in [5.74, 6) is 0.183. The zero-order chi connectivity index (χ0) is 30.4. The number of carbonyl (C=O) groups is 3. The van der Waals surface area contributed by atoms with E-state index in [4.69, 9.17) is 9.84 Å². The van der Waals surface area contributed by atoms with Crippen molar-refractivity contribution in [1.82, 2.24) is 20.2 Å². The van der Waals surface area contributed by atoms with Crippen LogP contribution >= 0.6 is 0 Å². The Morgan fingerprint density at radius 3 is 2.30 bits per heavy atom. The van der Waals surface area contributed by atoms with Crippen molar-refractivity contribution in [3.63, 3.8) is 0 Å². The van der Waals surface area contributed by atoms with Gasteiger partial charge in [0, 0.05) is 43.0 Å². The Hall–Kier alpha value is -4.27. The molecule has 1 saturated heterocycles. The summed E-state index contributed by atoms with van der Waals surface area (Å²) in [6, 6.07) is 15.4. The second kappa shape index (κ2) is 16.4. The molecule has 9 heteroatoms. The molecule has 4 rings (SSSR count). The fourth-order valence-corrected chi connectivity index (χ4v) is 5.23. The highest BCUT2D eigenvalue weighted by Crippen LogP contribution is 2.24. The fraction of sp³-hybridized carbons (Fsp3) is 0.441. The molecule has 1 fully saturated rings. The molecule has 1 unspecified atom stereocenters. The number of hydrogen-bond donors (Lipinski definition) is 2. The second-order valence-electron chi connectivity index (χ2n) is 11.0. The van der Waals surface area contributed by atoms with E-state index >= 15 is 0 Å². The monoisotopic (exact) mass is 586 g/mol. The molecule has 1 aliphatic rings. The lowest BCUT2D eigenvalue weighted by Crippen LogP contribution is -2.46. The van der Waals surface area contributed by atoms with Crippen LogP contribution < -0.4 is 10.1 Å². The van der Waals surface area contributed by atoms with Gasteiger partial charge in [0.15, 0.2) is 5.82 Å². The highest BCUT2D eigenvalue weighted by molar-refractivity contribution is 5.88. The molecule has 0 radical (unpaired) electrons. The van der Waals surface area contributed by atoms with Crippen LogP contribution in [0.3, 0.4) is 0 Å². The molecular formula is C34H42N4O5. The minimum Gasteiger partial charge on any atom is -0.494 e. The van der Waals surface area contributed by atoms with Gasteiger partial charge >= 0.3 is 5.97 Å². The smallest absolute Gasteiger partial charge is 0.305 e. The first-order valence-corrected chi connectivity index (χ1v) is 15.4. The van der Waals surface area contributed by atoms with E-state index in [0.717, 1.165) is 47.5 Å². The van der Waals surface area contributed by atoms with Gasteiger partial charge < -0.3 is 20.1 Å². The molecule has 2 N–H and O–H groups in total. The molecule has 228 valence electrons. The Morgan fingerprint density at radius 2 is 1.60 bits per heavy atom. The van der Waals surface area contributed by atoms with E-state index in [2.05, 4.69) is 22.2 Å². The first-order valence-electron chi connectivity index (χ1n) is 15.4. The summed E-state index contributed by atoms with van der Waals surface area (Å²) in [6.07, 6.45) is 11.8. The molecule has 43 heavy (non-hydrogen) atoms. The van der Waals surface area contributed by atoms with Gasteiger partial charge in [0.05, 0.1) is 13.0 Å². The molecule has 2 amide bonds. The summed E-state index contributed by atoms with van der Waals surface area (Å²) in [6.45, 7) is 3.56. The number of unbranched alkanes of at least 4 members (excludes halogenated alkanes) is 4. The van der Waals surface area contributed by atoms with E-state index in [1.807, 2.05) is 60.9 Å². The summed E-state index contributed by atoms with van der Waals surface area (Å²) < 4.78 is 5.87. The minimum atomic E-state index is -0.968. The lowest BCUT2D eigenvalue weighted by molar-refractivity contribution is -0.139. The summed E-state index contributed by atoms with van der Waals surface area (Å²) in [4.78, 5) is 46.8.